The minimum Gasteiger partial charge on any atom is -0.444 e. The largest absolute Gasteiger partial charge is 0.444 e. The quantitative estimate of drug-likeness (QED) is 0.156. The zero-order valence-corrected chi connectivity index (χ0v) is 21.5. The minimum absolute atomic E-state index is 0.393. The van der Waals surface area contributed by atoms with E-state index >= 15 is 0 Å². The second-order valence-corrected chi connectivity index (χ2v) is 8.20. The Morgan fingerprint density at radius 1 is 0.594 bits per heavy atom. The van der Waals surface area contributed by atoms with Gasteiger partial charge in [-0.3, -0.25) is 0 Å². The second kappa shape index (κ2) is 23.6. The molecule has 0 bridgehead atoms. The number of nitrogens with one attached hydrogen (secondary N) is 1. The summed E-state index contributed by atoms with van der Waals surface area (Å²) in [5, 5.41) is 3.46. The van der Waals surface area contributed by atoms with Gasteiger partial charge in [-0.05, 0) is 20.8 Å². The summed E-state index contributed by atoms with van der Waals surface area (Å²) in [7, 11) is 0. The van der Waals surface area contributed by atoms with E-state index < -0.39 is 11.7 Å². The normalized spacial score (nSPS) is 11.6. The molecule has 0 rings (SSSR count). The van der Waals surface area contributed by atoms with Gasteiger partial charge in [-0.2, -0.15) is 0 Å². The van der Waals surface area contributed by atoms with Crippen molar-refractivity contribution in [2.75, 3.05) is 104 Å². The number of ether oxygens (including phenoxy) is 8. The van der Waals surface area contributed by atoms with Crippen molar-refractivity contribution < 1.29 is 42.7 Å². The lowest BCUT2D eigenvalue weighted by molar-refractivity contribution is -0.0200. The van der Waals surface area contributed by atoms with Crippen molar-refractivity contribution in [1.82, 2.24) is 5.32 Å². The molecule has 0 atom stereocenters. The number of rotatable bonds is 23. The highest BCUT2D eigenvalue weighted by Gasteiger charge is 2.15. The van der Waals surface area contributed by atoms with E-state index in [1.165, 1.54) is 0 Å². The van der Waals surface area contributed by atoms with E-state index in [9.17, 15) is 4.79 Å². The molecule has 0 aromatic heterocycles. The smallest absolute Gasteiger partial charge is 0.407 e. The maximum atomic E-state index is 11.4. The monoisotopic (exact) mass is 531 g/mol. The molecule has 0 saturated heterocycles. The van der Waals surface area contributed by atoms with Crippen LogP contribution in [0.5, 0.6) is 0 Å². The third-order valence-electron chi connectivity index (χ3n) is 3.37. The van der Waals surface area contributed by atoms with Gasteiger partial charge in [0.25, 0.3) is 0 Å². The molecule has 0 saturated carbocycles. The first-order chi connectivity index (χ1) is 15.5. The molecule has 0 heterocycles. The first kappa shape index (κ1) is 31.5. The van der Waals surface area contributed by atoms with Crippen LogP contribution in [0, 0.1) is 0 Å². The van der Waals surface area contributed by atoms with Gasteiger partial charge in [-0.25, -0.2) is 4.79 Å². The summed E-state index contributed by atoms with van der Waals surface area (Å²) in [5.41, 5.74) is -0.500. The fourth-order valence-electron chi connectivity index (χ4n) is 2.02. The minimum atomic E-state index is -0.500. The maximum Gasteiger partial charge on any atom is 0.407 e. The fraction of sp³-hybridized carbons (Fsp3) is 0.952. The Bertz CT molecular complexity index is 411. The molecule has 10 nitrogen and oxygen atoms in total. The van der Waals surface area contributed by atoms with Gasteiger partial charge in [0.05, 0.1) is 92.5 Å². The molecule has 0 aliphatic rings. The van der Waals surface area contributed by atoms with Crippen LogP contribution in [0.1, 0.15) is 20.8 Å². The van der Waals surface area contributed by atoms with Gasteiger partial charge in [0, 0.05) is 11.9 Å². The Hall–Kier alpha value is -0.530. The highest BCUT2D eigenvalue weighted by molar-refractivity contribution is 9.09. The van der Waals surface area contributed by atoms with Crippen LogP contribution >= 0.6 is 15.9 Å². The molecule has 0 spiro atoms. The first-order valence-electron chi connectivity index (χ1n) is 11.0. The molecule has 192 valence electrons. The molecular formula is C21H42BrNO9. The van der Waals surface area contributed by atoms with Crippen molar-refractivity contribution in [1.29, 1.82) is 0 Å². The standard InChI is InChI=1S/C21H42BrNO9/c1-21(2,3)32-20(24)23-5-7-26-9-11-28-13-15-30-17-19-31-18-16-29-14-12-27-10-8-25-6-4-22/h4-19H2,1-3H3,(H,23,24). The average molecular weight is 532 g/mol. The summed E-state index contributed by atoms with van der Waals surface area (Å²) in [4.78, 5) is 11.4. The predicted molar refractivity (Wildman–Crippen MR) is 124 cm³/mol. The second-order valence-electron chi connectivity index (χ2n) is 7.40. The van der Waals surface area contributed by atoms with Crippen LogP contribution in [-0.4, -0.2) is 116 Å². The van der Waals surface area contributed by atoms with Crippen LogP contribution in [0.2, 0.25) is 0 Å². The number of alkyl carbamates (subject to hydrolysis) is 1. The van der Waals surface area contributed by atoms with Crippen molar-refractivity contribution in [3.05, 3.63) is 0 Å². The van der Waals surface area contributed by atoms with Gasteiger partial charge >= 0.3 is 6.09 Å². The van der Waals surface area contributed by atoms with Gasteiger partial charge in [-0.15, -0.1) is 0 Å². The van der Waals surface area contributed by atoms with E-state index in [0.717, 1.165) is 5.33 Å². The molecule has 1 amide bonds. The van der Waals surface area contributed by atoms with Crippen LogP contribution in [-0.2, 0) is 37.9 Å². The Morgan fingerprint density at radius 3 is 1.22 bits per heavy atom. The van der Waals surface area contributed by atoms with E-state index in [-0.39, 0.29) is 0 Å². The summed E-state index contributed by atoms with van der Waals surface area (Å²) >= 11 is 3.29. The lowest BCUT2D eigenvalue weighted by Crippen LogP contribution is -2.34. The Kier molecular flexibility index (Phi) is 23.2. The van der Waals surface area contributed by atoms with Crippen LogP contribution in [0.4, 0.5) is 4.79 Å². The summed E-state index contributed by atoms with van der Waals surface area (Å²) in [5.74, 6) is 0. The van der Waals surface area contributed by atoms with Gasteiger partial charge in [-0.1, -0.05) is 15.9 Å². The van der Waals surface area contributed by atoms with Crippen LogP contribution in [0.15, 0.2) is 0 Å². The summed E-state index contributed by atoms with van der Waals surface area (Å²) in [6.45, 7) is 13.2. The summed E-state index contributed by atoms with van der Waals surface area (Å²) in [6, 6.07) is 0. The zero-order chi connectivity index (χ0) is 23.8. The van der Waals surface area contributed by atoms with Crippen LogP contribution in [0.25, 0.3) is 0 Å². The van der Waals surface area contributed by atoms with E-state index in [2.05, 4.69) is 21.2 Å². The average Bonchev–Trinajstić information content (AvgIpc) is 2.73. The SMILES string of the molecule is CC(C)(C)OC(=O)NCCOCCOCCOCCOCCOCCOCCOCCBr. The number of alkyl halides is 1. The Morgan fingerprint density at radius 2 is 0.906 bits per heavy atom. The summed E-state index contributed by atoms with van der Waals surface area (Å²) < 4.78 is 42.7. The first-order valence-corrected chi connectivity index (χ1v) is 12.1. The van der Waals surface area contributed by atoms with E-state index in [1.807, 2.05) is 20.8 Å². The molecule has 0 radical (unpaired) electrons. The Balaban J connectivity index is 3.10. The topological polar surface area (TPSA) is 103 Å². The highest BCUT2D eigenvalue weighted by atomic mass is 79.9. The molecule has 1 N–H and O–H groups in total. The molecule has 0 aromatic rings. The van der Waals surface area contributed by atoms with Crippen molar-refractivity contribution in [3.8, 4) is 0 Å². The lowest BCUT2D eigenvalue weighted by Gasteiger charge is -2.19. The number of carbonyl (C=O) groups is 1. The maximum absolute atomic E-state index is 11.4. The van der Waals surface area contributed by atoms with Gasteiger partial charge in [0.1, 0.15) is 5.60 Å². The zero-order valence-electron chi connectivity index (χ0n) is 19.9. The molecule has 11 heteroatoms. The molecule has 0 aromatic carbocycles. The number of hydrogen-bond donors (Lipinski definition) is 1. The fourth-order valence-corrected chi connectivity index (χ4v) is 2.24. The van der Waals surface area contributed by atoms with Crippen molar-refractivity contribution in [3.63, 3.8) is 0 Å². The van der Waals surface area contributed by atoms with Crippen LogP contribution < -0.4 is 5.32 Å². The Labute approximate surface area is 201 Å². The molecule has 0 aliphatic heterocycles. The van der Waals surface area contributed by atoms with Gasteiger partial charge in [0.2, 0.25) is 0 Å². The third-order valence-corrected chi connectivity index (χ3v) is 3.69. The number of hydrogen-bond acceptors (Lipinski definition) is 9. The van der Waals surface area contributed by atoms with Crippen LogP contribution in [0.3, 0.4) is 0 Å². The summed E-state index contributed by atoms with van der Waals surface area (Å²) in [6.07, 6.45) is -0.446. The molecule has 0 fully saturated rings. The number of amides is 1. The van der Waals surface area contributed by atoms with Gasteiger partial charge in [0.15, 0.2) is 0 Å². The number of halogens is 1. The molecule has 32 heavy (non-hydrogen) atoms. The van der Waals surface area contributed by atoms with Gasteiger partial charge < -0.3 is 43.2 Å². The van der Waals surface area contributed by atoms with Crippen molar-refractivity contribution >= 4 is 22.0 Å². The van der Waals surface area contributed by atoms with E-state index in [4.69, 9.17) is 37.9 Å². The third kappa shape index (κ3) is 27.5. The lowest BCUT2D eigenvalue weighted by atomic mass is 10.2. The molecule has 0 aliphatic carbocycles. The molecular weight excluding hydrogens is 490 g/mol. The predicted octanol–water partition coefficient (Wildman–Crippen LogP) is 2.02. The highest BCUT2D eigenvalue weighted by Crippen LogP contribution is 2.06. The van der Waals surface area contributed by atoms with Crippen molar-refractivity contribution in [2.24, 2.45) is 0 Å². The van der Waals surface area contributed by atoms with Crippen molar-refractivity contribution in [2.45, 2.75) is 26.4 Å². The van der Waals surface area contributed by atoms with E-state index in [0.29, 0.717) is 99.0 Å². The van der Waals surface area contributed by atoms with E-state index in [1.54, 1.807) is 0 Å². The number of carbonyl (C=O) groups excluding carboxylic acids is 1. The molecule has 0 unspecified atom stereocenters.